The minimum absolute atomic E-state index is 0.0190. The number of halogens is 2. The molecular formula is C10H8Cl2N4O2. The first-order chi connectivity index (χ1) is 8.47. The average molecular weight is 287 g/mol. The van der Waals surface area contributed by atoms with Crippen molar-refractivity contribution in [2.75, 3.05) is 5.73 Å². The molecule has 1 aromatic carbocycles. The molecule has 0 bridgehead atoms. The number of rotatable bonds is 2. The summed E-state index contributed by atoms with van der Waals surface area (Å²) in [5.74, 6) is 0.282. The number of anilines is 1. The van der Waals surface area contributed by atoms with Gasteiger partial charge in [-0.3, -0.25) is 5.41 Å². The first-order valence-corrected chi connectivity index (χ1v) is 5.49. The van der Waals surface area contributed by atoms with Crippen LogP contribution in [0, 0.1) is 5.41 Å². The second-order valence-corrected chi connectivity index (χ2v) is 4.19. The van der Waals surface area contributed by atoms with Crippen molar-refractivity contribution in [2.45, 2.75) is 0 Å². The van der Waals surface area contributed by atoms with E-state index in [1.165, 1.54) is 6.07 Å². The predicted octanol–water partition coefficient (Wildman–Crippen LogP) is 2.28. The summed E-state index contributed by atoms with van der Waals surface area (Å²) in [4.78, 5) is 3.67. The normalized spacial score (nSPS) is 10.3. The van der Waals surface area contributed by atoms with Crippen molar-refractivity contribution in [2.24, 2.45) is 0 Å². The second kappa shape index (κ2) is 4.75. The molecule has 0 atom stereocenters. The molecule has 0 aliphatic rings. The van der Waals surface area contributed by atoms with E-state index in [9.17, 15) is 0 Å². The minimum atomic E-state index is -0.413. The van der Waals surface area contributed by atoms with Crippen LogP contribution in [-0.2, 0) is 0 Å². The van der Waals surface area contributed by atoms with Gasteiger partial charge in [0.25, 0.3) is 5.62 Å². The molecule has 0 saturated heterocycles. The topological polar surface area (TPSA) is 97.1 Å². The molecule has 0 amide bonds. The number of nitrogens with zero attached hydrogens (tertiary/aromatic N) is 2. The van der Waals surface area contributed by atoms with Gasteiger partial charge in [0.15, 0.2) is 0 Å². The SMILES string of the molecule is N=c1nc(Oc2ccc(Cl)cc2Cl)c(N)cn1O. The lowest BCUT2D eigenvalue weighted by atomic mass is 10.3. The summed E-state index contributed by atoms with van der Waals surface area (Å²) < 4.78 is 5.84. The molecule has 6 nitrogen and oxygen atoms in total. The Kier molecular flexibility index (Phi) is 3.31. The molecule has 0 aliphatic carbocycles. The van der Waals surface area contributed by atoms with Crippen LogP contribution in [0.5, 0.6) is 11.6 Å². The third-order valence-corrected chi connectivity index (χ3v) is 2.56. The highest BCUT2D eigenvalue weighted by molar-refractivity contribution is 6.35. The van der Waals surface area contributed by atoms with Crippen LogP contribution < -0.4 is 16.1 Å². The van der Waals surface area contributed by atoms with E-state index in [1.807, 2.05) is 0 Å². The lowest BCUT2D eigenvalue weighted by Gasteiger charge is -2.09. The summed E-state index contributed by atoms with van der Waals surface area (Å²) in [6, 6.07) is 4.65. The molecule has 1 heterocycles. The fourth-order valence-electron chi connectivity index (χ4n) is 1.20. The van der Waals surface area contributed by atoms with Crippen molar-refractivity contribution in [3.05, 3.63) is 40.1 Å². The van der Waals surface area contributed by atoms with Crippen molar-refractivity contribution >= 4 is 28.9 Å². The first kappa shape index (κ1) is 12.5. The Morgan fingerprint density at radius 1 is 1.39 bits per heavy atom. The summed E-state index contributed by atoms with van der Waals surface area (Å²) in [6.07, 6.45) is 1.11. The maximum Gasteiger partial charge on any atom is 0.258 e. The molecule has 8 heteroatoms. The van der Waals surface area contributed by atoms with Gasteiger partial charge >= 0.3 is 0 Å². The maximum atomic E-state index is 9.17. The molecule has 1 aromatic heterocycles. The summed E-state index contributed by atoms with van der Waals surface area (Å²) in [7, 11) is 0. The Morgan fingerprint density at radius 2 is 2.11 bits per heavy atom. The molecule has 94 valence electrons. The summed E-state index contributed by atoms with van der Waals surface area (Å²) in [6.45, 7) is 0. The van der Waals surface area contributed by atoms with E-state index >= 15 is 0 Å². The van der Waals surface area contributed by atoms with Crippen LogP contribution in [0.4, 0.5) is 5.69 Å². The van der Waals surface area contributed by atoms with Gasteiger partial charge in [-0.15, -0.1) is 0 Å². The van der Waals surface area contributed by atoms with Crippen molar-refractivity contribution in [3.63, 3.8) is 0 Å². The van der Waals surface area contributed by atoms with E-state index in [2.05, 4.69) is 4.98 Å². The summed E-state index contributed by atoms with van der Waals surface area (Å²) in [5.41, 5.74) is 5.25. The highest BCUT2D eigenvalue weighted by Crippen LogP contribution is 2.32. The van der Waals surface area contributed by atoms with E-state index < -0.39 is 5.62 Å². The molecule has 18 heavy (non-hydrogen) atoms. The van der Waals surface area contributed by atoms with E-state index in [1.54, 1.807) is 12.1 Å². The average Bonchev–Trinajstić information content (AvgIpc) is 2.29. The quantitative estimate of drug-likeness (QED) is 0.738. The van der Waals surface area contributed by atoms with E-state index in [4.69, 9.17) is 44.3 Å². The van der Waals surface area contributed by atoms with Crippen molar-refractivity contribution in [3.8, 4) is 11.6 Å². The van der Waals surface area contributed by atoms with Crippen molar-refractivity contribution in [1.82, 2.24) is 9.71 Å². The van der Waals surface area contributed by atoms with Gasteiger partial charge in [0, 0.05) is 5.02 Å². The van der Waals surface area contributed by atoms with Gasteiger partial charge in [-0.05, 0) is 18.2 Å². The van der Waals surface area contributed by atoms with Gasteiger partial charge in [0.1, 0.15) is 11.4 Å². The van der Waals surface area contributed by atoms with Gasteiger partial charge in [0.2, 0.25) is 5.88 Å². The van der Waals surface area contributed by atoms with Crippen LogP contribution in [-0.4, -0.2) is 14.9 Å². The Morgan fingerprint density at radius 3 is 2.78 bits per heavy atom. The zero-order chi connectivity index (χ0) is 13.3. The molecule has 0 spiro atoms. The molecule has 4 N–H and O–H groups in total. The van der Waals surface area contributed by atoms with Crippen molar-refractivity contribution < 1.29 is 9.94 Å². The number of nitrogens with one attached hydrogen (secondary N) is 1. The lowest BCUT2D eigenvalue weighted by Crippen LogP contribution is -2.21. The third kappa shape index (κ3) is 2.49. The van der Waals surface area contributed by atoms with Crippen LogP contribution >= 0.6 is 23.2 Å². The number of nitrogen functional groups attached to an aromatic ring is 1. The molecule has 0 saturated carbocycles. The second-order valence-electron chi connectivity index (χ2n) is 3.35. The van der Waals surface area contributed by atoms with Crippen LogP contribution in [0.1, 0.15) is 0 Å². The Hall–Kier alpha value is -1.92. The molecule has 0 radical (unpaired) electrons. The number of hydrogen-bond acceptors (Lipinski definition) is 5. The zero-order valence-corrected chi connectivity index (χ0v) is 10.4. The van der Waals surface area contributed by atoms with E-state index in [0.29, 0.717) is 15.5 Å². The number of hydrogen-bond donors (Lipinski definition) is 3. The molecule has 2 aromatic rings. The minimum Gasteiger partial charge on any atom is -0.435 e. The number of benzene rings is 1. The van der Waals surface area contributed by atoms with Crippen LogP contribution in [0.2, 0.25) is 10.0 Å². The smallest absolute Gasteiger partial charge is 0.258 e. The highest BCUT2D eigenvalue weighted by atomic mass is 35.5. The molecular weight excluding hydrogens is 279 g/mol. The monoisotopic (exact) mass is 286 g/mol. The molecule has 0 fully saturated rings. The van der Waals surface area contributed by atoms with Gasteiger partial charge < -0.3 is 15.7 Å². The van der Waals surface area contributed by atoms with Crippen LogP contribution in [0.25, 0.3) is 0 Å². The molecule has 2 rings (SSSR count). The Balaban J connectivity index is 2.40. The van der Waals surface area contributed by atoms with Crippen molar-refractivity contribution in [1.29, 1.82) is 5.41 Å². The number of ether oxygens (including phenoxy) is 1. The van der Waals surface area contributed by atoms with E-state index in [0.717, 1.165) is 6.20 Å². The maximum absolute atomic E-state index is 9.17. The zero-order valence-electron chi connectivity index (χ0n) is 8.89. The van der Waals surface area contributed by atoms with Crippen LogP contribution in [0.15, 0.2) is 24.4 Å². The van der Waals surface area contributed by atoms with Gasteiger partial charge in [-0.25, -0.2) is 0 Å². The molecule has 0 aliphatic heterocycles. The van der Waals surface area contributed by atoms with Gasteiger partial charge in [0.05, 0.1) is 11.2 Å². The standard InChI is InChI=1S/C10H8Cl2N4O2/c11-5-1-2-8(6(12)3-5)18-9-7(13)4-16(17)10(14)15-9/h1-4,14,17H,13H2. The number of nitrogens with two attached hydrogens (primary N) is 1. The first-order valence-electron chi connectivity index (χ1n) is 4.73. The third-order valence-electron chi connectivity index (χ3n) is 2.03. The Bertz CT molecular complexity index is 657. The largest absolute Gasteiger partial charge is 0.435 e. The van der Waals surface area contributed by atoms with Gasteiger partial charge in [-0.1, -0.05) is 23.2 Å². The van der Waals surface area contributed by atoms with E-state index in [-0.39, 0.29) is 16.6 Å². The summed E-state index contributed by atoms with van der Waals surface area (Å²) in [5, 5.41) is 17.2. The molecule has 0 unspecified atom stereocenters. The fraction of sp³-hybridized carbons (Fsp3) is 0. The number of aromatic nitrogens is 2. The predicted molar refractivity (Wildman–Crippen MR) is 66.2 cm³/mol. The fourth-order valence-corrected chi connectivity index (χ4v) is 1.65. The highest BCUT2D eigenvalue weighted by Gasteiger charge is 2.09. The Labute approximate surface area is 112 Å². The van der Waals surface area contributed by atoms with Crippen LogP contribution in [0.3, 0.4) is 0 Å². The lowest BCUT2D eigenvalue weighted by molar-refractivity contribution is 0.164. The summed E-state index contributed by atoms with van der Waals surface area (Å²) >= 11 is 11.7. The van der Waals surface area contributed by atoms with Gasteiger partial charge in [-0.2, -0.15) is 9.71 Å².